The molecule has 0 aliphatic carbocycles. The molecule has 9 heteroatoms. The van der Waals surface area contributed by atoms with Crippen LogP contribution in [-0.2, 0) is 9.59 Å². The molecule has 2 rings (SSSR count). The Hall–Kier alpha value is -2.45. The molecule has 0 radical (unpaired) electrons. The fourth-order valence-electron chi connectivity index (χ4n) is 1.73. The van der Waals surface area contributed by atoms with E-state index in [2.05, 4.69) is 0 Å². The van der Waals surface area contributed by atoms with Crippen LogP contribution in [0.1, 0.15) is 18.9 Å². The lowest BCUT2D eigenvalue weighted by Crippen LogP contribution is -2.46. The molecule has 1 fully saturated rings. The topological polar surface area (TPSA) is 121 Å². The lowest BCUT2D eigenvalue weighted by molar-refractivity contribution is -0.136. The first kappa shape index (κ1) is 12.0. The molecule has 1 aliphatic heterocycles. The molecule has 0 saturated carbocycles. The van der Waals surface area contributed by atoms with E-state index in [4.69, 9.17) is 0 Å². The molecule has 0 bridgehead atoms. The smallest absolute Gasteiger partial charge is 0.332 e. The monoisotopic (exact) mass is 257 g/mol. The van der Waals surface area contributed by atoms with Crippen molar-refractivity contribution in [3.63, 3.8) is 0 Å². The summed E-state index contributed by atoms with van der Waals surface area (Å²) in [6, 6.07) is -1.23. The fourth-order valence-corrected chi connectivity index (χ4v) is 1.73. The number of H-pyrrole nitrogens is 1. The summed E-state index contributed by atoms with van der Waals surface area (Å²) in [7, 11) is 0. The summed E-state index contributed by atoms with van der Waals surface area (Å²) in [4.78, 5) is 46.4. The van der Waals surface area contributed by atoms with Crippen molar-refractivity contribution in [2.45, 2.75) is 18.9 Å². The normalized spacial score (nSPS) is 19.7. The number of hydrogen-bond acceptors (Lipinski definition) is 5. The molecular weight excluding hydrogens is 249 g/mol. The van der Waals surface area contributed by atoms with Crippen molar-refractivity contribution in [1.82, 2.24) is 14.9 Å². The molecule has 1 aliphatic rings. The minimum absolute atomic E-state index is 0.0525. The summed E-state index contributed by atoms with van der Waals surface area (Å²) < 4.78 is 13.6. The van der Waals surface area contributed by atoms with Gasteiger partial charge in [0.1, 0.15) is 6.04 Å². The molecule has 8 nitrogen and oxygen atoms in total. The number of nitrogens with one attached hydrogen (secondary N) is 2. The van der Waals surface area contributed by atoms with E-state index < -0.39 is 40.8 Å². The van der Waals surface area contributed by atoms with E-state index >= 15 is 0 Å². The molecule has 2 amide bonds. The lowest BCUT2D eigenvalue weighted by atomic mass is 10.1. The number of carbonyl (C=O) groups excluding carboxylic acids is 2. The first-order valence-corrected chi connectivity index (χ1v) is 4.98. The Balaban J connectivity index is 2.56. The Bertz CT molecular complexity index is 647. The highest BCUT2D eigenvalue weighted by molar-refractivity contribution is 5.99. The molecule has 3 N–H and O–H groups in total. The summed E-state index contributed by atoms with van der Waals surface area (Å²) in [6.45, 7) is 0. The predicted molar refractivity (Wildman–Crippen MR) is 54.4 cm³/mol. The van der Waals surface area contributed by atoms with Crippen LogP contribution in [-0.4, -0.2) is 26.5 Å². The maximum atomic E-state index is 13.2. The summed E-state index contributed by atoms with van der Waals surface area (Å²) in [6.07, 6.45) is -0.118. The minimum Gasteiger partial charge on any atom is -0.492 e. The molecular formula is C9H8FN3O5. The van der Waals surface area contributed by atoms with Crippen LogP contribution in [0.25, 0.3) is 0 Å². The third-order valence-corrected chi connectivity index (χ3v) is 2.58. The van der Waals surface area contributed by atoms with Crippen molar-refractivity contribution in [1.29, 1.82) is 0 Å². The number of nitrogens with zero attached hydrogens (tertiary/aromatic N) is 1. The van der Waals surface area contributed by atoms with Gasteiger partial charge in [-0.2, -0.15) is 4.39 Å². The first-order valence-electron chi connectivity index (χ1n) is 4.98. The molecule has 0 aromatic carbocycles. The van der Waals surface area contributed by atoms with Gasteiger partial charge in [-0.25, -0.2) is 9.36 Å². The molecule has 96 valence electrons. The van der Waals surface area contributed by atoms with Crippen LogP contribution in [0.2, 0.25) is 0 Å². The quantitative estimate of drug-likeness (QED) is 0.521. The number of rotatable bonds is 1. The number of aromatic hydroxyl groups is 1. The van der Waals surface area contributed by atoms with Crippen molar-refractivity contribution in [2.24, 2.45) is 0 Å². The average Bonchev–Trinajstić information content (AvgIpc) is 2.29. The van der Waals surface area contributed by atoms with Gasteiger partial charge in [0.05, 0.1) is 0 Å². The van der Waals surface area contributed by atoms with E-state index in [0.29, 0.717) is 4.57 Å². The second-order valence-electron chi connectivity index (χ2n) is 3.73. The van der Waals surface area contributed by atoms with Gasteiger partial charge in [-0.3, -0.25) is 24.7 Å². The predicted octanol–water partition coefficient (Wildman–Crippen LogP) is -1.64. The third kappa shape index (κ3) is 1.79. The van der Waals surface area contributed by atoms with Crippen LogP contribution >= 0.6 is 0 Å². The second-order valence-corrected chi connectivity index (χ2v) is 3.73. The maximum Gasteiger partial charge on any atom is 0.332 e. The molecule has 1 saturated heterocycles. The minimum atomic E-state index is -1.56. The van der Waals surface area contributed by atoms with Crippen molar-refractivity contribution in [3.8, 4) is 5.88 Å². The number of hydrogen-bond donors (Lipinski definition) is 3. The van der Waals surface area contributed by atoms with E-state index in [0.717, 1.165) is 0 Å². The summed E-state index contributed by atoms with van der Waals surface area (Å²) in [5.74, 6) is -4.14. The molecule has 1 atom stereocenters. The number of halogens is 1. The molecule has 1 aromatic rings. The number of aromatic amines is 1. The highest BCUT2D eigenvalue weighted by Gasteiger charge is 2.31. The zero-order chi connectivity index (χ0) is 13.4. The lowest BCUT2D eigenvalue weighted by Gasteiger charge is -2.23. The summed E-state index contributed by atoms with van der Waals surface area (Å²) in [5.41, 5.74) is -2.49. The highest BCUT2D eigenvalue weighted by atomic mass is 19.1. The Morgan fingerprint density at radius 3 is 2.56 bits per heavy atom. The number of amides is 2. The van der Waals surface area contributed by atoms with Crippen LogP contribution in [0, 0.1) is 5.82 Å². The number of piperidine rings is 1. The standard InChI is InChI=1S/C9H8FN3O5/c10-5-7(16)12-9(18)13(8(5)17)3-1-2-4(14)11-6(3)15/h3,17H,1-2H2,(H,11,14,15)(H,12,16,18). The van der Waals surface area contributed by atoms with Crippen molar-refractivity contribution < 1.29 is 19.1 Å². The molecule has 2 heterocycles. The van der Waals surface area contributed by atoms with Gasteiger partial charge in [-0.05, 0) is 6.42 Å². The molecule has 1 aromatic heterocycles. The Kier molecular flexibility index (Phi) is 2.73. The highest BCUT2D eigenvalue weighted by Crippen LogP contribution is 2.21. The van der Waals surface area contributed by atoms with Crippen LogP contribution in [0.5, 0.6) is 5.88 Å². The van der Waals surface area contributed by atoms with Gasteiger partial charge in [-0.15, -0.1) is 0 Å². The number of imide groups is 1. The van der Waals surface area contributed by atoms with Gasteiger partial charge in [0.15, 0.2) is 0 Å². The summed E-state index contributed by atoms with van der Waals surface area (Å²) >= 11 is 0. The van der Waals surface area contributed by atoms with E-state index in [1.807, 2.05) is 5.32 Å². The van der Waals surface area contributed by atoms with E-state index in [9.17, 15) is 28.7 Å². The SMILES string of the molecule is O=C1CCC(n2c(O)c(F)c(=O)[nH]c2=O)C(=O)N1. The van der Waals surface area contributed by atoms with Crippen LogP contribution in [0.15, 0.2) is 9.59 Å². The number of carbonyl (C=O) groups is 2. The Labute approximate surface area is 98.1 Å². The van der Waals surface area contributed by atoms with Crippen molar-refractivity contribution in [3.05, 3.63) is 26.7 Å². The largest absolute Gasteiger partial charge is 0.492 e. The average molecular weight is 257 g/mol. The Morgan fingerprint density at radius 1 is 1.28 bits per heavy atom. The van der Waals surface area contributed by atoms with Gasteiger partial charge in [0, 0.05) is 6.42 Å². The molecule has 1 unspecified atom stereocenters. The van der Waals surface area contributed by atoms with Crippen molar-refractivity contribution in [2.75, 3.05) is 0 Å². The summed E-state index contributed by atoms with van der Waals surface area (Å²) in [5, 5.41) is 11.4. The van der Waals surface area contributed by atoms with E-state index in [-0.39, 0.29) is 12.8 Å². The number of aromatic nitrogens is 2. The molecule has 18 heavy (non-hydrogen) atoms. The fraction of sp³-hybridized carbons (Fsp3) is 0.333. The second kappa shape index (κ2) is 4.09. The Morgan fingerprint density at radius 2 is 1.94 bits per heavy atom. The zero-order valence-corrected chi connectivity index (χ0v) is 8.90. The van der Waals surface area contributed by atoms with Crippen LogP contribution in [0.4, 0.5) is 4.39 Å². The van der Waals surface area contributed by atoms with Crippen LogP contribution in [0.3, 0.4) is 0 Å². The molecule has 0 spiro atoms. The van der Waals surface area contributed by atoms with Crippen molar-refractivity contribution >= 4 is 11.8 Å². The zero-order valence-electron chi connectivity index (χ0n) is 8.90. The van der Waals surface area contributed by atoms with E-state index in [1.54, 1.807) is 4.98 Å². The van der Waals surface area contributed by atoms with Gasteiger partial charge in [0.2, 0.25) is 23.5 Å². The maximum absolute atomic E-state index is 13.2. The van der Waals surface area contributed by atoms with Gasteiger partial charge >= 0.3 is 5.69 Å². The van der Waals surface area contributed by atoms with Gasteiger partial charge in [0.25, 0.3) is 5.56 Å². The van der Waals surface area contributed by atoms with Gasteiger partial charge < -0.3 is 5.11 Å². The third-order valence-electron chi connectivity index (χ3n) is 2.58. The first-order chi connectivity index (χ1) is 8.41. The van der Waals surface area contributed by atoms with E-state index in [1.165, 1.54) is 0 Å². The van der Waals surface area contributed by atoms with Crippen LogP contribution < -0.4 is 16.6 Å². The van der Waals surface area contributed by atoms with Gasteiger partial charge in [-0.1, -0.05) is 0 Å².